The van der Waals surface area contributed by atoms with E-state index in [1.807, 2.05) is 48.5 Å². The topological polar surface area (TPSA) is 194 Å². The lowest BCUT2D eigenvalue weighted by Gasteiger charge is -2.47. The van der Waals surface area contributed by atoms with Gasteiger partial charge in [-0.15, -0.1) is 0 Å². The van der Waals surface area contributed by atoms with Crippen molar-refractivity contribution in [3.63, 3.8) is 0 Å². The Balaban J connectivity index is 0.754. The number of rotatable bonds is 25. The Kier molecular flexibility index (Phi) is 22.9. The van der Waals surface area contributed by atoms with E-state index in [4.69, 9.17) is 49.4 Å². The highest BCUT2D eigenvalue weighted by Crippen LogP contribution is 2.48. The molecule has 0 spiro atoms. The Hall–Kier alpha value is -2.99. The Morgan fingerprint density at radius 3 is 0.980 bits per heavy atom. The lowest BCUT2D eigenvalue weighted by Crippen LogP contribution is -2.65. The quantitative estimate of drug-likeness (QED) is 0.0131. The molecule has 0 atom stereocenters. The van der Waals surface area contributed by atoms with Crippen LogP contribution in [0.5, 0.6) is 0 Å². The average Bonchev–Trinajstić information content (AvgIpc) is 0.860. The Morgan fingerprint density at radius 2 is 0.624 bits per heavy atom. The number of aromatic nitrogens is 2. The van der Waals surface area contributed by atoms with Crippen LogP contribution in [0.3, 0.4) is 0 Å². The van der Waals surface area contributed by atoms with Gasteiger partial charge in [0.1, 0.15) is 12.4 Å². The van der Waals surface area contributed by atoms with Crippen LogP contribution in [0.25, 0.3) is 43.1 Å². The van der Waals surface area contributed by atoms with E-state index >= 15 is 9.59 Å². The molecular weight excluding hydrogens is 1480 g/mol. The number of hydrogen-bond donors (Lipinski definition) is 0. The number of unbranched alkanes of at least 4 members (excludes halogenated alkanes) is 8. The lowest BCUT2D eigenvalue weighted by molar-refractivity contribution is -0.696. The summed E-state index contributed by atoms with van der Waals surface area (Å²) in [6, 6.07) is 17.7. The molecule has 6 heterocycles. The van der Waals surface area contributed by atoms with Crippen molar-refractivity contribution in [2.24, 2.45) is 0 Å². The van der Waals surface area contributed by atoms with E-state index in [0.29, 0.717) is 58.8 Å². The standard InChI is InChI=1S/C69H115N4O16Si12/c1-90(2)78-93(7,8)84-99(19,85-94(9,10)79-90)49-31-24-22-27-34-53(35-28-23-25-32-50-100(20)86-95(11,12)80-91(3,4)81-96(13,14)87-100)73-68(76)60-42-38-56-54-36-40-58-64-59(41-37-55(62(54)64)57-39-43-61(69(73)77)65(60)63(56)57)67(75)72(66(58)74)46-30-26-29-44-70-47-48-71(52-70)45-33-51-101(21)88-97(15,16)82-92(5,6)83-98(17,18)89-101/h36-43,47-48,52-53H,22-35,44-46,49-51H2,1-21H3/q+1. The first-order valence-electron chi connectivity index (χ1n) is 37.2. The van der Waals surface area contributed by atoms with Crippen molar-refractivity contribution in [3.05, 3.63) is 89.5 Å². The first-order chi connectivity index (χ1) is 46.8. The summed E-state index contributed by atoms with van der Waals surface area (Å²) in [5, 5.41) is 6.51. The number of imidazole rings is 1. The number of hydrogen-bond acceptors (Lipinski definition) is 16. The molecule has 11 rings (SSSR count). The minimum absolute atomic E-state index is 0.265. The van der Waals surface area contributed by atoms with Gasteiger partial charge < -0.3 is 49.4 Å². The molecular formula is C69H115N4O16Si12+. The van der Waals surface area contributed by atoms with Crippen LogP contribution in [-0.2, 0) is 62.5 Å². The van der Waals surface area contributed by atoms with Crippen LogP contribution >= 0.6 is 0 Å². The van der Waals surface area contributed by atoms with Crippen molar-refractivity contribution in [2.75, 3.05) is 6.54 Å². The molecule has 0 bridgehead atoms. The summed E-state index contributed by atoms with van der Waals surface area (Å²) in [5.74, 6) is -1.11. The summed E-state index contributed by atoms with van der Waals surface area (Å²) in [5.41, 5.74) is 2.05. The number of carbonyl (C=O) groups is 4. The minimum atomic E-state index is -2.64. The van der Waals surface area contributed by atoms with Gasteiger partial charge in [0.2, 0.25) is 6.33 Å². The maximum atomic E-state index is 15.4. The fourth-order valence-corrected chi connectivity index (χ4v) is 82.8. The number of amides is 4. The highest BCUT2D eigenvalue weighted by Gasteiger charge is 2.56. The summed E-state index contributed by atoms with van der Waals surface area (Å²) >= 11 is 0. The molecule has 5 aliphatic heterocycles. The molecule has 0 N–H and O–H groups in total. The maximum Gasteiger partial charge on any atom is 0.317 e. The minimum Gasteiger partial charge on any atom is -0.416 e. The van der Waals surface area contributed by atoms with Gasteiger partial charge in [0.15, 0.2) is 0 Å². The van der Waals surface area contributed by atoms with Gasteiger partial charge in [0.05, 0.1) is 13.1 Å². The predicted octanol–water partition coefficient (Wildman–Crippen LogP) is 17.3. The van der Waals surface area contributed by atoms with Crippen molar-refractivity contribution < 1.29 is 73.1 Å². The third-order valence-corrected chi connectivity index (χ3v) is 69.3. The Labute approximate surface area is 613 Å². The first kappa shape index (κ1) is 79.1. The summed E-state index contributed by atoms with van der Waals surface area (Å²) in [6.45, 7) is 46.3. The predicted molar refractivity (Wildman–Crippen MR) is 426 cm³/mol. The normalized spacial score (nSPS) is 23.1. The second-order valence-electron chi connectivity index (χ2n) is 33.7. The van der Waals surface area contributed by atoms with E-state index in [1.165, 1.54) is 4.90 Å². The van der Waals surface area contributed by atoms with E-state index < -0.39 is 103 Å². The lowest BCUT2D eigenvalue weighted by atomic mass is 9.82. The third kappa shape index (κ3) is 18.6. The molecule has 101 heavy (non-hydrogen) atoms. The van der Waals surface area contributed by atoms with Gasteiger partial charge in [0.25, 0.3) is 23.6 Å². The van der Waals surface area contributed by atoms with Gasteiger partial charge >= 0.3 is 103 Å². The van der Waals surface area contributed by atoms with Gasteiger partial charge in [-0.05, 0) is 251 Å². The highest BCUT2D eigenvalue weighted by molar-refractivity contribution is 6.95. The smallest absolute Gasteiger partial charge is 0.317 e. The number of fused-ring (bicyclic) bond motifs is 2. The third-order valence-electron chi connectivity index (χ3n) is 19.8. The van der Waals surface area contributed by atoms with Crippen LogP contribution in [0, 0.1) is 0 Å². The number of nitrogens with zero attached hydrogens (tertiary/aromatic N) is 4. The molecule has 5 aliphatic rings. The zero-order valence-electron chi connectivity index (χ0n) is 64.4. The van der Waals surface area contributed by atoms with Crippen molar-refractivity contribution in [3.8, 4) is 0 Å². The van der Waals surface area contributed by atoms with E-state index in [1.54, 1.807) is 4.90 Å². The molecule has 4 amide bonds. The second-order valence-corrected chi connectivity index (χ2v) is 77.0. The SMILES string of the molecule is C[Si]1(C)O[Si](C)(C)O[Si](C)(CCCCCCC(CCCCCC[Si]2(C)O[Si](C)(C)O[Si](C)(C)O[Si](C)(C)O2)N2C(=O)c3ccc4c5ccc6c7c(ccc(c8ccc(c3c48)C2=O)c75)C(=O)N(CCCCCn2cc[n+](CCC[Si]3(C)O[Si](C)(C)O[Si](C)(C)O[Si](C)(C)O3)c2)C6=O)O[Si](C)(C)O1. The van der Waals surface area contributed by atoms with E-state index in [9.17, 15) is 9.59 Å². The van der Waals surface area contributed by atoms with E-state index in [0.717, 1.165) is 134 Å². The number of benzene rings is 5. The van der Waals surface area contributed by atoms with Gasteiger partial charge in [-0.1, -0.05) is 75.6 Å². The molecule has 5 aromatic carbocycles. The number of aryl methyl sites for hydroxylation is 2. The van der Waals surface area contributed by atoms with Gasteiger partial charge in [-0.2, -0.15) is 0 Å². The summed E-state index contributed by atoms with van der Waals surface area (Å²) in [4.78, 5) is 63.0. The summed E-state index contributed by atoms with van der Waals surface area (Å²) in [7, 11) is -30.0. The van der Waals surface area contributed by atoms with Crippen molar-refractivity contribution in [1.29, 1.82) is 0 Å². The zero-order chi connectivity index (χ0) is 73.5. The molecule has 0 saturated carbocycles. The molecule has 0 unspecified atom stereocenters. The first-order valence-corrected chi connectivity index (χ1v) is 70.1. The summed E-state index contributed by atoms with van der Waals surface area (Å²) < 4.78 is 85.4. The summed E-state index contributed by atoms with van der Waals surface area (Å²) in [6.07, 6.45) is 18.4. The molecule has 0 radical (unpaired) electrons. The van der Waals surface area contributed by atoms with Crippen molar-refractivity contribution >= 4 is 169 Å². The molecule has 1 aromatic heterocycles. The van der Waals surface area contributed by atoms with Gasteiger partial charge in [-0.25, -0.2) is 9.13 Å². The van der Waals surface area contributed by atoms with Crippen LogP contribution in [0.2, 0.25) is 156 Å². The van der Waals surface area contributed by atoms with Crippen LogP contribution in [0.1, 0.15) is 131 Å². The molecule has 32 heteroatoms. The maximum absolute atomic E-state index is 15.4. The molecule has 0 aliphatic carbocycles. The van der Waals surface area contributed by atoms with Crippen LogP contribution in [-0.4, -0.2) is 153 Å². The van der Waals surface area contributed by atoms with Crippen LogP contribution in [0.15, 0.2) is 67.3 Å². The fourth-order valence-electron chi connectivity index (χ4n) is 17.9. The van der Waals surface area contributed by atoms with Gasteiger partial charge in [-0.3, -0.25) is 29.0 Å². The Bertz CT molecular complexity index is 3850. The van der Waals surface area contributed by atoms with Gasteiger partial charge in [0, 0.05) is 45.6 Å². The monoisotopic (exact) mass is 1590 g/mol. The average molecular weight is 1590 g/mol. The van der Waals surface area contributed by atoms with Crippen LogP contribution in [0.4, 0.5) is 0 Å². The molecule has 3 saturated heterocycles. The Morgan fingerprint density at radius 1 is 0.327 bits per heavy atom. The highest BCUT2D eigenvalue weighted by atomic mass is 28.5. The fraction of sp³-hybridized carbons (Fsp3) is 0.609. The van der Waals surface area contributed by atoms with E-state index in [2.05, 4.69) is 165 Å². The molecule has 20 nitrogen and oxygen atoms in total. The molecule has 3 fully saturated rings. The second kappa shape index (κ2) is 29.2. The van der Waals surface area contributed by atoms with Crippen molar-refractivity contribution in [1.82, 2.24) is 14.4 Å². The number of imide groups is 2. The molecule has 6 aromatic rings. The van der Waals surface area contributed by atoms with E-state index in [-0.39, 0.29) is 29.7 Å². The zero-order valence-corrected chi connectivity index (χ0v) is 76.4. The van der Waals surface area contributed by atoms with Crippen LogP contribution < -0.4 is 4.57 Å². The largest absolute Gasteiger partial charge is 0.416 e. The van der Waals surface area contributed by atoms with Crippen molar-refractivity contribution in [2.45, 2.75) is 265 Å². The molecule has 554 valence electrons. The number of carbonyl (C=O) groups excluding carboxylic acids is 4.